The van der Waals surface area contributed by atoms with E-state index in [0.29, 0.717) is 0 Å². The summed E-state index contributed by atoms with van der Waals surface area (Å²) in [6.07, 6.45) is 14.5. The van der Waals surface area contributed by atoms with E-state index in [9.17, 15) is 0 Å². The van der Waals surface area contributed by atoms with Gasteiger partial charge in [-0.1, -0.05) is 93.8 Å². The van der Waals surface area contributed by atoms with Crippen molar-refractivity contribution in [2.24, 2.45) is 0 Å². The van der Waals surface area contributed by atoms with Crippen LogP contribution in [0, 0.1) is 3.57 Å². The molecule has 1 atom stereocenters. The summed E-state index contributed by atoms with van der Waals surface area (Å²) >= 11 is 2.39. The van der Waals surface area contributed by atoms with E-state index in [-0.39, 0.29) is 0 Å². The Labute approximate surface area is 184 Å². The van der Waals surface area contributed by atoms with E-state index in [1.165, 1.54) is 36.7 Å². The molecule has 1 aliphatic rings. The Morgan fingerprint density at radius 3 is 2.21 bits per heavy atom. The second-order valence-corrected chi connectivity index (χ2v) is 9.88. The molecule has 1 unspecified atom stereocenters. The molecule has 2 rings (SSSR count). The van der Waals surface area contributed by atoms with Gasteiger partial charge in [0, 0.05) is 3.57 Å². The summed E-state index contributed by atoms with van der Waals surface area (Å²) in [6, 6.07) is 8.43. The molecule has 1 aliphatic heterocycles. The van der Waals surface area contributed by atoms with Gasteiger partial charge in [0.2, 0.25) is 0 Å². The lowest BCUT2D eigenvalue weighted by atomic mass is 9.93. The van der Waals surface area contributed by atoms with E-state index in [4.69, 9.17) is 0 Å². The number of halogens is 1. The highest BCUT2D eigenvalue weighted by Crippen LogP contribution is 2.46. The molecule has 0 bridgehead atoms. The van der Waals surface area contributed by atoms with Crippen molar-refractivity contribution in [1.82, 2.24) is 0 Å². The van der Waals surface area contributed by atoms with Crippen molar-refractivity contribution in [2.75, 3.05) is 6.66 Å². The maximum atomic E-state index is 4.18. The Hall–Kier alpha value is -1.83. The van der Waals surface area contributed by atoms with Gasteiger partial charge < -0.3 is 0 Å². The summed E-state index contributed by atoms with van der Waals surface area (Å²) in [4.78, 5) is 0. The van der Waals surface area contributed by atoms with Gasteiger partial charge in [-0.2, -0.15) is 0 Å². The first-order chi connectivity index (χ1) is 13.5. The highest BCUT2D eigenvalue weighted by atomic mass is 127. The summed E-state index contributed by atoms with van der Waals surface area (Å²) in [6.45, 7) is 18.9. The molecule has 0 aromatic heterocycles. The van der Waals surface area contributed by atoms with Crippen LogP contribution in [-0.4, -0.2) is 12.5 Å². The molecular weight excluding hydrogens is 470 g/mol. The second-order valence-electron chi connectivity index (χ2n) is 6.51. The molecule has 1 aromatic carbocycles. The normalized spacial score (nSPS) is 18.4. The van der Waals surface area contributed by atoms with E-state index in [0.717, 1.165) is 5.57 Å². The Bertz CT molecular complexity index is 991. The van der Waals surface area contributed by atoms with Gasteiger partial charge in [0.05, 0.1) is 0 Å². The predicted molar refractivity (Wildman–Crippen MR) is 141 cm³/mol. The van der Waals surface area contributed by atoms with Crippen LogP contribution in [0.15, 0.2) is 114 Å². The quantitative estimate of drug-likeness (QED) is 0.203. The summed E-state index contributed by atoms with van der Waals surface area (Å²) in [5.41, 5.74) is 7.12. The number of rotatable bonds is 7. The van der Waals surface area contributed by atoms with Crippen molar-refractivity contribution in [1.29, 1.82) is 0 Å². The van der Waals surface area contributed by atoms with E-state index < -0.39 is 7.55 Å². The largest absolute Gasteiger partial charge is 0.0984 e. The third-order valence-electron chi connectivity index (χ3n) is 4.74. The molecule has 1 aromatic rings. The highest BCUT2D eigenvalue weighted by Gasteiger charge is 2.18. The molecule has 0 aliphatic carbocycles. The van der Waals surface area contributed by atoms with Gasteiger partial charge in [0.25, 0.3) is 0 Å². The predicted octanol–water partition coefficient (Wildman–Crippen LogP) is 7.97. The van der Waals surface area contributed by atoms with Crippen LogP contribution in [0.3, 0.4) is 0 Å². The fourth-order valence-electron chi connectivity index (χ4n) is 3.46. The fraction of sp³-hybridized carbons (Fsp3) is 0.115. The Morgan fingerprint density at radius 1 is 1.00 bits per heavy atom. The van der Waals surface area contributed by atoms with Crippen LogP contribution in [0.1, 0.15) is 19.4 Å². The molecule has 144 valence electrons. The minimum absolute atomic E-state index is 0.884. The summed E-state index contributed by atoms with van der Waals surface area (Å²) in [5.74, 6) is 2.33. The van der Waals surface area contributed by atoms with Crippen molar-refractivity contribution in [3.05, 3.63) is 123 Å². The van der Waals surface area contributed by atoms with Crippen LogP contribution < -0.4 is 0 Å². The molecule has 2 heteroatoms. The van der Waals surface area contributed by atoms with E-state index in [2.05, 4.69) is 110 Å². The van der Waals surface area contributed by atoms with E-state index in [1.54, 1.807) is 0 Å². The molecule has 0 N–H and O–H groups in total. The zero-order chi connectivity index (χ0) is 20.7. The maximum Gasteiger partial charge on any atom is 0.0209 e. The van der Waals surface area contributed by atoms with Crippen LogP contribution in [0.25, 0.3) is 5.57 Å². The summed E-state index contributed by atoms with van der Waals surface area (Å²) in [7, 11) is -0.884. The van der Waals surface area contributed by atoms with E-state index >= 15 is 0 Å². The molecule has 0 amide bonds. The standard InChI is InChI=1S/C26H28IP/c1-7-14-19(5)20(8-2)24-16-13-18-28(6)26(24)22(10-4)21(9-3)23-15-11-12-17-25(23)27/h7-18,28H,2-4H2,1,5-6H3/b14-7-,20-19+,22-21-. The summed E-state index contributed by atoms with van der Waals surface area (Å²) < 4.78 is 1.21. The lowest BCUT2D eigenvalue weighted by Crippen LogP contribution is -2.00. The van der Waals surface area contributed by atoms with Crippen LogP contribution in [-0.2, 0) is 0 Å². The van der Waals surface area contributed by atoms with Crippen LogP contribution in [0.2, 0.25) is 0 Å². The minimum atomic E-state index is -0.884. The topological polar surface area (TPSA) is 0 Å². The molecule has 0 saturated heterocycles. The van der Waals surface area contributed by atoms with Crippen LogP contribution in [0.5, 0.6) is 0 Å². The summed E-state index contributed by atoms with van der Waals surface area (Å²) in [5, 5.41) is 1.36. The number of hydrogen-bond acceptors (Lipinski definition) is 0. The highest BCUT2D eigenvalue weighted by molar-refractivity contribution is 14.1. The van der Waals surface area contributed by atoms with Gasteiger partial charge in [-0.3, -0.25) is 0 Å². The van der Waals surface area contributed by atoms with Gasteiger partial charge in [0.15, 0.2) is 0 Å². The molecular formula is C26H28IP. The van der Waals surface area contributed by atoms with Crippen LogP contribution in [0.4, 0.5) is 0 Å². The average Bonchev–Trinajstić information content (AvgIpc) is 2.68. The lowest BCUT2D eigenvalue weighted by Gasteiger charge is -2.23. The van der Waals surface area contributed by atoms with E-state index in [1.807, 2.05) is 25.2 Å². The first kappa shape index (κ1) is 22.5. The van der Waals surface area contributed by atoms with Crippen LogP contribution >= 0.6 is 30.1 Å². The Morgan fingerprint density at radius 2 is 1.64 bits per heavy atom. The average molecular weight is 498 g/mol. The molecule has 0 fully saturated rings. The first-order valence-corrected chi connectivity index (χ1v) is 12.5. The molecule has 0 spiro atoms. The van der Waals surface area contributed by atoms with Gasteiger partial charge in [-0.25, -0.2) is 0 Å². The van der Waals surface area contributed by atoms with Gasteiger partial charge in [-0.15, -0.1) is 0 Å². The molecule has 1 heterocycles. The minimum Gasteiger partial charge on any atom is -0.0984 e. The van der Waals surface area contributed by atoms with Crippen molar-refractivity contribution < 1.29 is 0 Å². The Balaban J connectivity index is 2.94. The zero-order valence-corrected chi connectivity index (χ0v) is 20.1. The molecule has 0 radical (unpaired) electrons. The fourth-order valence-corrected chi connectivity index (χ4v) is 6.00. The number of allylic oxidation sites excluding steroid dienone is 13. The third kappa shape index (κ3) is 4.77. The van der Waals surface area contributed by atoms with Gasteiger partial charge in [-0.05, 0) is 87.9 Å². The Kier molecular flexibility index (Phi) is 8.54. The maximum absolute atomic E-state index is 4.18. The SMILES string of the molecule is C=C/C(C1=C(/C(C=C)=C(C)/C=C\C)C=CC=[PH]1C)=C(\C=C)c1ccccc1I. The first-order valence-electron chi connectivity index (χ1n) is 9.30. The molecule has 0 saturated carbocycles. The van der Waals surface area contributed by atoms with Crippen molar-refractivity contribution >= 4 is 41.5 Å². The van der Waals surface area contributed by atoms with Gasteiger partial charge in [0.1, 0.15) is 0 Å². The van der Waals surface area contributed by atoms with Gasteiger partial charge >= 0.3 is 0 Å². The number of hydrogen-bond donors (Lipinski definition) is 0. The monoisotopic (exact) mass is 498 g/mol. The lowest BCUT2D eigenvalue weighted by molar-refractivity contribution is 1.38. The number of benzene rings is 1. The zero-order valence-electron chi connectivity index (χ0n) is 16.9. The molecule has 0 nitrogen and oxygen atoms in total. The van der Waals surface area contributed by atoms with Crippen molar-refractivity contribution in [3.63, 3.8) is 0 Å². The smallest absolute Gasteiger partial charge is 0.0209 e. The third-order valence-corrected chi connectivity index (χ3v) is 7.70. The molecule has 28 heavy (non-hydrogen) atoms. The van der Waals surface area contributed by atoms with Crippen molar-refractivity contribution in [3.8, 4) is 0 Å². The van der Waals surface area contributed by atoms with Crippen molar-refractivity contribution in [2.45, 2.75) is 13.8 Å². The second kappa shape index (κ2) is 10.6.